The van der Waals surface area contributed by atoms with Gasteiger partial charge in [-0.05, 0) is 55.8 Å². The van der Waals surface area contributed by atoms with Crippen molar-refractivity contribution in [2.75, 3.05) is 20.8 Å². The zero-order chi connectivity index (χ0) is 22.3. The van der Waals surface area contributed by atoms with Gasteiger partial charge in [-0.3, -0.25) is 4.79 Å². The van der Waals surface area contributed by atoms with E-state index < -0.39 is 12.6 Å². The molecule has 0 bridgehead atoms. The smallest absolute Gasteiger partial charge is 0.341 e. The van der Waals surface area contributed by atoms with E-state index in [1.54, 1.807) is 18.2 Å². The fourth-order valence-corrected chi connectivity index (χ4v) is 2.80. The number of ketones is 1. The number of allylic oxidation sites excluding steroid dienone is 1. The fourth-order valence-electron chi connectivity index (χ4n) is 2.53. The molecule has 0 fully saturated rings. The molecule has 0 aliphatic carbocycles. The van der Waals surface area contributed by atoms with Crippen molar-refractivity contribution >= 4 is 29.4 Å². The maximum atomic E-state index is 12.5. The quantitative estimate of drug-likeness (QED) is 0.434. The summed E-state index contributed by atoms with van der Waals surface area (Å²) in [6.45, 7) is 3.26. The van der Waals surface area contributed by atoms with Gasteiger partial charge in [-0.15, -0.1) is 0 Å². The Bertz CT molecular complexity index is 951. The van der Waals surface area contributed by atoms with Crippen LogP contribution in [0.15, 0.2) is 36.4 Å². The number of aliphatic carboxylic acids is 1. The average Bonchev–Trinajstić information content (AvgIpc) is 2.71. The summed E-state index contributed by atoms with van der Waals surface area (Å²) in [5.74, 6) is 0.00652. The number of carboxylic acids is 1. The van der Waals surface area contributed by atoms with Crippen LogP contribution in [0.3, 0.4) is 0 Å². The first-order chi connectivity index (χ1) is 14.2. The summed E-state index contributed by atoms with van der Waals surface area (Å²) in [7, 11) is 2.92. The number of carbonyl (C=O) groups is 2. The van der Waals surface area contributed by atoms with E-state index in [1.807, 2.05) is 13.8 Å². The molecule has 0 aliphatic rings. The predicted octanol–water partition coefficient (Wildman–Crippen LogP) is 4.50. The third-order valence-electron chi connectivity index (χ3n) is 3.83. The molecule has 0 aromatic heterocycles. The zero-order valence-corrected chi connectivity index (χ0v) is 17.9. The number of rotatable bonds is 10. The van der Waals surface area contributed by atoms with Crippen molar-refractivity contribution in [3.63, 3.8) is 0 Å². The van der Waals surface area contributed by atoms with Crippen molar-refractivity contribution in [2.45, 2.75) is 20.0 Å². The normalized spacial score (nSPS) is 10.9. The highest BCUT2D eigenvalue weighted by Crippen LogP contribution is 2.37. The van der Waals surface area contributed by atoms with E-state index in [0.29, 0.717) is 27.6 Å². The van der Waals surface area contributed by atoms with Crippen LogP contribution in [-0.4, -0.2) is 43.8 Å². The maximum absolute atomic E-state index is 12.5. The van der Waals surface area contributed by atoms with Gasteiger partial charge in [0, 0.05) is 5.56 Å². The van der Waals surface area contributed by atoms with Crippen molar-refractivity contribution in [2.24, 2.45) is 0 Å². The number of hydrogen-bond acceptors (Lipinski definition) is 6. The van der Waals surface area contributed by atoms with Crippen molar-refractivity contribution < 1.29 is 33.6 Å². The molecular weight excluding hydrogens is 412 g/mol. The van der Waals surface area contributed by atoms with E-state index in [0.717, 1.165) is 0 Å². The minimum atomic E-state index is -1.11. The highest BCUT2D eigenvalue weighted by Gasteiger charge is 2.14. The molecule has 7 nitrogen and oxygen atoms in total. The van der Waals surface area contributed by atoms with Gasteiger partial charge in [0.05, 0.1) is 25.3 Å². The SMILES string of the molecule is COc1cc(C(=O)/C=C\c2cc(Cl)c(OC(C)C)c(OC)c2)ccc1OCC(=O)O. The topological polar surface area (TPSA) is 91.3 Å². The van der Waals surface area contributed by atoms with Crippen LogP contribution in [0.4, 0.5) is 0 Å². The summed E-state index contributed by atoms with van der Waals surface area (Å²) in [4.78, 5) is 23.2. The van der Waals surface area contributed by atoms with E-state index >= 15 is 0 Å². The molecule has 0 atom stereocenters. The monoisotopic (exact) mass is 434 g/mol. The number of halogens is 1. The lowest BCUT2D eigenvalue weighted by atomic mass is 10.1. The first kappa shape index (κ1) is 23.1. The molecule has 2 aromatic rings. The zero-order valence-electron chi connectivity index (χ0n) is 17.1. The van der Waals surface area contributed by atoms with Crippen LogP contribution in [-0.2, 0) is 4.79 Å². The van der Waals surface area contributed by atoms with Gasteiger partial charge in [0.15, 0.2) is 35.4 Å². The summed E-state index contributed by atoms with van der Waals surface area (Å²) in [6.07, 6.45) is 2.93. The second-order valence-electron chi connectivity index (χ2n) is 6.45. The summed E-state index contributed by atoms with van der Waals surface area (Å²) in [5, 5.41) is 9.09. The minimum absolute atomic E-state index is 0.0724. The Kier molecular flexibility index (Phi) is 8.12. The third-order valence-corrected chi connectivity index (χ3v) is 4.11. The standard InChI is InChI=1S/C22H23ClO7/c1-13(2)30-22-16(23)9-14(10-20(22)28-4)5-7-17(24)15-6-8-18(19(11-15)27-3)29-12-21(25)26/h5-11,13H,12H2,1-4H3,(H,25,26)/b7-5-. The molecule has 160 valence electrons. The summed E-state index contributed by atoms with van der Waals surface area (Å²) >= 11 is 6.30. The maximum Gasteiger partial charge on any atom is 0.341 e. The molecule has 2 aromatic carbocycles. The molecule has 30 heavy (non-hydrogen) atoms. The number of methoxy groups -OCH3 is 2. The van der Waals surface area contributed by atoms with Crippen molar-refractivity contribution in [3.8, 4) is 23.0 Å². The van der Waals surface area contributed by atoms with E-state index in [1.165, 1.54) is 38.5 Å². The Labute approximate surface area is 179 Å². The third kappa shape index (κ3) is 6.15. The summed E-state index contributed by atoms with van der Waals surface area (Å²) in [5.41, 5.74) is 1.01. The number of hydrogen-bond donors (Lipinski definition) is 1. The van der Waals surface area contributed by atoms with Crippen LogP contribution in [0.1, 0.15) is 29.8 Å². The fraction of sp³-hybridized carbons (Fsp3) is 0.273. The Hall–Kier alpha value is -3.19. The molecule has 0 spiro atoms. The Morgan fingerprint density at radius 3 is 2.37 bits per heavy atom. The molecule has 0 radical (unpaired) electrons. The van der Waals surface area contributed by atoms with E-state index in [4.69, 9.17) is 35.7 Å². The van der Waals surface area contributed by atoms with Gasteiger partial charge in [-0.25, -0.2) is 4.79 Å². The number of ether oxygens (including phenoxy) is 4. The van der Waals surface area contributed by atoms with Gasteiger partial charge in [0.25, 0.3) is 0 Å². The Morgan fingerprint density at radius 1 is 1.07 bits per heavy atom. The molecule has 0 amide bonds. The number of carboxylic acid groups (broad SMARTS) is 1. The molecule has 0 saturated heterocycles. The molecule has 8 heteroatoms. The van der Waals surface area contributed by atoms with E-state index in [9.17, 15) is 9.59 Å². The predicted molar refractivity (Wildman–Crippen MR) is 113 cm³/mol. The van der Waals surface area contributed by atoms with Gasteiger partial charge >= 0.3 is 5.97 Å². The Morgan fingerprint density at radius 2 is 1.77 bits per heavy atom. The molecular formula is C22H23ClO7. The highest BCUT2D eigenvalue weighted by atomic mass is 35.5. The van der Waals surface area contributed by atoms with Crippen LogP contribution in [0.5, 0.6) is 23.0 Å². The van der Waals surface area contributed by atoms with Crippen LogP contribution in [0.2, 0.25) is 5.02 Å². The molecule has 2 rings (SSSR count). The second-order valence-corrected chi connectivity index (χ2v) is 6.85. The summed E-state index contributed by atoms with van der Waals surface area (Å²) < 4.78 is 21.3. The highest BCUT2D eigenvalue weighted by molar-refractivity contribution is 6.32. The largest absolute Gasteiger partial charge is 0.493 e. The lowest BCUT2D eigenvalue weighted by Crippen LogP contribution is -2.10. The van der Waals surface area contributed by atoms with Crippen LogP contribution < -0.4 is 18.9 Å². The van der Waals surface area contributed by atoms with Crippen LogP contribution >= 0.6 is 11.6 Å². The van der Waals surface area contributed by atoms with Gasteiger partial charge in [-0.1, -0.05) is 17.7 Å². The van der Waals surface area contributed by atoms with Crippen molar-refractivity contribution in [1.82, 2.24) is 0 Å². The van der Waals surface area contributed by atoms with Gasteiger partial charge in [0.1, 0.15) is 0 Å². The number of carbonyl (C=O) groups excluding carboxylic acids is 1. The molecule has 0 unspecified atom stereocenters. The van der Waals surface area contributed by atoms with Gasteiger partial charge in [0.2, 0.25) is 0 Å². The second kappa shape index (κ2) is 10.5. The lowest BCUT2D eigenvalue weighted by molar-refractivity contribution is -0.139. The van der Waals surface area contributed by atoms with E-state index in [-0.39, 0.29) is 23.4 Å². The van der Waals surface area contributed by atoms with Crippen molar-refractivity contribution in [3.05, 3.63) is 52.6 Å². The first-order valence-corrected chi connectivity index (χ1v) is 9.42. The van der Waals surface area contributed by atoms with Gasteiger partial charge in [-0.2, -0.15) is 0 Å². The van der Waals surface area contributed by atoms with Gasteiger partial charge < -0.3 is 24.1 Å². The Balaban J connectivity index is 2.23. The average molecular weight is 435 g/mol. The molecule has 0 heterocycles. The molecule has 0 aliphatic heterocycles. The van der Waals surface area contributed by atoms with E-state index in [2.05, 4.69) is 0 Å². The lowest BCUT2D eigenvalue weighted by Gasteiger charge is -2.15. The first-order valence-electron chi connectivity index (χ1n) is 9.04. The van der Waals surface area contributed by atoms with Crippen LogP contribution in [0.25, 0.3) is 6.08 Å². The number of benzene rings is 2. The minimum Gasteiger partial charge on any atom is -0.493 e. The van der Waals surface area contributed by atoms with Crippen molar-refractivity contribution in [1.29, 1.82) is 0 Å². The van der Waals surface area contributed by atoms with Crippen LogP contribution in [0, 0.1) is 0 Å². The summed E-state index contributed by atoms with van der Waals surface area (Å²) in [6, 6.07) is 7.89. The molecule has 1 N–H and O–H groups in total. The molecule has 0 saturated carbocycles.